The van der Waals surface area contributed by atoms with Crippen molar-refractivity contribution in [2.45, 2.75) is 6.92 Å². The van der Waals surface area contributed by atoms with Crippen LogP contribution in [0.25, 0.3) is 11.3 Å². The second-order valence-electron chi connectivity index (χ2n) is 5.54. The number of halogens is 1. The van der Waals surface area contributed by atoms with Crippen LogP contribution in [0, 0.1) is 22.9 Å². The Kier molecular flexibility index (Phi) is 5.13. The van der Waals surface area contributed by atoms with Crippen molar-refractivity contribution < 1.29 is 18.8 Å². The summed E-state index contributed by atoms with van der Waals surface area (Å²) in [5, 5.41) is 15.6. The minimum absolute atomic E-state index is 0.132. The highest BCUT2D eigenvalue weighted by Crippen LogP contribution is 2.33. The lowest BCUT2D eigenvalue weighted by molar-refractivity contribution is -0.385. The van der Waals surface area contributed by atoms with Crippen molar-refractivity contribution in [2.75, 3.05) is 12.4 Å². The Morgan fingerprint density at radius 3 is 2.81 bits per heavy atom. The number of ether oxygens (including phenoxy) is 1. The molecule has 138 valence electrons. The zero-order chi connectivity index (χ0) is 19.6. The van der Waals surface area contributed by atoms with Crippen LogP contribution in [-0.2, 0) is 0 Å². The molecular weight excluding hydrogens is 373 g/mol. The van der Waals surface area contributed by atoms with E-state index in [2.05, 4.69) is 10.3 Å². The number of aromatic nitrogens is 1. The van der Waals surface area contributed by atoms with Crippen LogP contribution in [0.3, 0.4) is 0 Å². The van der Waals surface area contributed by atoms with E-state index in [1.807, 2.05) is 0 Å². The summed E-state index contributed by atoms with van der Waals surface area (Å²) in [5.41, 5.74) is 1.23. The molecule has 0 radical (unpaired) electrons. The maximum atomic E-state index is 13.6. The van der Waals surface area contributed by atoms with E-state index in [1.54, 1.807) is 5.38 Å². The zero-order valence-electron chi connectivity index (χ0n) is 14.4. The van der Waals surface area contributed by atoms with Gasteiger partial charge in [-0.15, -0.1) is 11.3 Å². The maximum Gasteiger partial charge on any atom is 0.273 e. The topological polar surface area (TPSA) is 94.4 Å². The number of thiazole rings is 1. The summed E-state index contributed by atoms with van der Waals surface area (Å²) in [5.74, 6) is -0.492. The maximum absolute atomic E-state index is 13.6. The average molecular weight is 387 g/mol. The van der Waals surface area contributed by atoms with Gasteiger partial charge in [0, 0.05) is 28.1 Å². The lowest BCUT2D eigenvalue weighted by atomic mass is 10.1. The molecule has 1 N–H and O–H groups in total. The molecule has 1 amide bonds. The summed E-state index contributed by atoms with van der Waals surface area (Å²) < 4.78 is 18.8. The molecule has 0 saturated heterocycles. The highest BCUT2D eigenvalue weighted by atomic mass is 32.1. The number of carbonyl (C=O) groups is 1. The molecule has 3 aromatic rings. The molecule has 0 atom stereocenters. The molecule has 7 nitrogen and oxygen atoms in total. The number of carbonyl (C=O) groups excluding carboxylic acids is 1. The molecule has 0 saturated carbocycles. The Morgan fingerprint density at radius 1 is 1.33 bits per heavy atom. The Labute approximate surface area is 157 Å². The van der Waals surface area contributed by atoms with Crippen molar-refractivity contribution in [3.8, 4) is 17.0 Å². The van der Waals surface area contributed by atoms with Gasteiger partial charge in [0.15, 0.2) is 5.13 Å². The number of nitrogens with one attached hydrogen (secondary N) is 1. The summed E-state index contributed by atoms with van der Waals surface area (Å²) in [6, 6.07) is 8.36. The predicted octanol–water partition coefficient (Wildman–Crippen LogP) is 4.43. The third-order valence-electron chi connectivity index (χ3n) is 3.91. The lowest BCUT2D eigenvalue weighted by Gasteiger charge is -2.07. The van der Waals surface area contributed by atoms with Gasteiger partial charge in [0.05, 0.1) is 17.7 Å². The first-order valence-electron chi connectivity index (χ1n) is 7.75. The third-order valence-corrected chi connectivity index (χ3v) is 4.67. The first kappa shape index (κ1) is 18.5. The molecule has 2 aromatic carbocycles. The first-order valence-corrected chi connectivity index (χ1v) is 8.63. The highest BCUT2D eigenvalue weighted by molar-refractivity contribution is 7.14. The minimum Gasteiger partial charge on any atom is -0.496 e. The van der Waals surface area contributed by atoms with Crippen molar-refractivity contribution in [3.63, 3.8) is 0 Å². The lowest BCUT2D eigenvalue weighted by Crippen LogP contribution is -2.14. The second kappa shape index (κ2) is 7.50. The number of anilines is 1. The Balaban J connectivity index is 1.87. The number of hydrogen-bond acceptors (Lipinski definition) is 6. The molecule has 0 bridgehead atoms. The van der Waals surface area contributed by atoms with Gasteiger partial charge >= 0.3 is 0 Å². The number of benzene rings is 2. The van der Waals surface area contributed by atoms with E-state index < -0.39 is 16.6 Å². The van der Waals surface area contributed by atoms with E-state index in [4.69, 9.17) is 4.74 Å². The van der Waals surface area contributed by atoms with Crippen LogP contribution in [0.4, 0.5) is 15.2 Å². The number of nitro benzene ring substituents is 1. The Morgan fingerprint density at radius 2 is 2.11 bits per heavy atom. The van der Waals surface area contributed by atoms with Gasteiger partial charge in [0.1, 0.15) is 11.6 Å². The van der Waals surface area contributed by atoms with Crippen LogP contribution in [0.2, 0.25) is 0 Å². The SMILES string of the molecule is COc1ccc(F)cc1-c1csc(NC(=O)c2cccc([N+](=O)[O-])c2C)n1. The quantitative estimate of drug-likeness (QED) is 0.516. The van der Waals surface area contributed by atoms with Gasteiger partial charge in [-0.05, 0) is 31.2 Å². The molecule has 9 heteroatoms. The highest BCUT2D eigenvalue weighted by Gasteiger charge is 2.19. The van der Waals surface area contributed by atoms with Crippen molar-refractivity contribution >= 4 is 28.1 Å². The normalized spacial score (nSPS) is 10.5. The Bertz CT molecular complexity index is 1040. The number of rotatable bonds is 5. The summed E-state index contributed by atoms with van der Waals surface area (Å²) in [7, 11) is 1.47. The van der Waals surface area contributed by atoms with Crippen LogP contribution < -0.4 is 10.1 Å². The Hall–Kier alpha value is -3.33. The van der Waals surface area contributed by atoms with Crippen LogP contribution in [0.15, 0.2) is 41.8 Å². The summed E-state index contributed by atoms with van der Waals surface area (Å²) in [4.78, 5) is 27.3. The first-order chi connectivity index (χ1) is 12.9. The van der Waals surface area contributed by atoms with E-state index in [1.165, 1.54) is 50.4 Å². The van der Waals surface area contributed by atoms with Gasteiger partial charge < -0.3 is 4.74 Å². The molecule has 0 fully saturated rings. The molecule has 1 aromatic heterocycles. The molecular formula is C18H14FN3O4S. The molecule has 0 spiro atoms. The molecule has 0 unspecified atom stereocenters. The van der Waals surface area contributed by atoms with Crippen LogP contribution in [-0.4, -0.2) is 22.9 Å². The molecule has 0 aliphatic carbocycles. The summed E-state index contributed by atoms with van der Waals surface area (Å²) >= 11 is 1.15. The van der Waals surface area contributed by atoms with Crippen molar-refractivity contribution in [1.82, 2.24) is 4.98 Å². The molecule has 1 heterocycles. The van der Waals surface area contributed by atoms with Crippen LogP contribution >= 0.6 is 11.3 Å². The monoisotopic (exact) mass is 387 g/mol. The second-order valence-corrected chi connectivity index (χ2v) is 6.40. The van der Waals surface area contributed by atoms with Crippen molar-refractivity contribution in [3.05, 3.63) is 68.8 Å². The van der Waals surface area contributed by atoms with Crippen LogP contribution in [0.1, 0.15) is 15.9 Å². The number of hydrogen-bond donors (Lipinski definition) is 1. The van der Waals surface area contributed by atoms with Gasteiger partial charge in [-0.1, -0.05) is 6.07 Å². The number of methoxy groups -OCH3 is 1. The molecule has 0 aliphatic rings. The fraction of sp³-hybridized carbons (Fsp3) is 0.111. The number of nitro groups is 1. The van der Waals surface area contributed by atoms with E-state index in [0.29, 0.717) is 17.0 Å². The summed E-state index contributed by atoms with van der Waals surface area (Å²) in [6.45, 7) is 1.51. The smallest absolute Gasteiger partial charge is 0.273 e. The van der Waals surface area contributed by atoms with E-state index in [-0.39, 0.29) is 21.9 Å². The van der Waals surface area contributed by atoms with E-state index in [9.17, 15) is 19.3 Å². The van der Waals surface area contributed by atoms with Gasteiger partial charge in [0.25, 0.3) is 11.6 Å². The van der Waals surface area contributed by atoms with Crippen molar-refractivity contribution in [1.29, 1.82) is 0 Å². The number of amides is 1. The molecule has 27 heavy (non-hydrogen) atoms. The van der Waals surface area contributed by atoms with Gasteiger partial charge in [0.2, 0.25) is 0 Å². The average Bonchev–Trinajstić information content (AvgIpc) is 3.09. The third kappa shape index (κ3) is 3.77. The van der Waals surface area contributed by atoms with Gasteiger partial charge in [-0.25, -0.2) is 9.37 Å². The molecule has 0 aliphatic heterocycles. The van der Waals surface area contributed by atoms with Gasteiger partial charge in [-0.3, -0.25) is 20.2 Å². The van der Waals surface area contributed by atoms with E-state index >= 15 is 0 Å². The predicted molar refractivity (Wildman–Crippen MR) is 99.8 cm³/mol. The minimum atomic E-state index is -0.538. The summed E-state index contributed by atoms with van der Waals surface area (Å²) in [6.07, 6.45) is 0. The largest absolute Gasteiger partial charge is 0.496 e. The molecule has 3 rings (SSSR count). The van der Waals surface area contributed by atoms with Crippen molar-refractivity contribution in [2.24, 2.45) is 0 Å². The fourth-order valence-corrected chi connectivity index (χ4v) is 3.27. The zero-order valence-corrected chi connectivity index (χ0v) is 15.2. The number of nitrogens with zero attached hydrogens (tertiary/aromatic N) is 2. The standard InChI is InChI=1S/C18H14FN3O4S/c1-10-12(4-3-5-15(10)22(24)25)17(23)21-18-20-14(9-27-18)13-8-11(19)6-7-16(13)26-2/h3-9H,1-2H3,(H,20,21,23). The van der Waals surface area contributed by atoms with E-state index in [0.717, 1.165) is 11.3 Å². The van der Waals surface area contributed by atoms with Crippen LogP contribution in [0.5, 0.6) is 5.75 Å². The van der Waals surface area contributed by atoms with Gasteiger partial charge in [-0.2, -0.15) is 0 Å². The fourth-order valence-electron chi connectivity index (χ4n) is 2.57.